The molecule has 0 amide bonds. The normalized spacial score (nSPS) is 16.0. The van der Waals surface area contributed by atoms with Crippen molar-refractivity contribution in [2.24, 2.45) is 0 Å². The molecule has 26 heavy (non-hydrogen) atoms. The van der Waals surface area contributed by atoms with E-state index in [1.54, 1.807) is 7.11 Å². The summed E-state index contributed by atoms with van der Waals surface area (Å²) in [6, 6.07) is 16.5. The Labute approximate surface area is 153 Å². The lowest BCUT2D eigenvalue weighted by Gasteiger charge is -2.27. The van der Waals surface area contributed by atoms with E-state index in [0.717, 1.165) is 36.6 Å². The molecule has 2 aromatic carbocycles. The first-order chi connectivity index (χ1) is 12.8. The van der Waals surface area contributed by atoms with Crippen molar-refractivity contribution < 1.29 is 9.47 Å². The van der Waals surface area contributed by atoms with Crippen LogP contribution in [0.25, 0.3) is 5.69 Å². The smallest absolute Gasteiger partial charge is 0.164 e. The lowest BCUT2D eigenvalue weighted by Crippen LogP contribution is -2.40. The predicted octanol–water partition coefficient (Wildman–Crippen LogP) is 3.02. The van der Waals surface area contributed by atoms with Gasteiger partial charge in [-0.05, 0) is 48.7 Å². The number of aromatic nitrogens is 2. The minimum Gasteiger partial charge on any atom is -0.493 e. The minimum absolute atomic E-state index is 0.318. The lowest BCUT2D eigenvalue weighted by atomic mass is 10.0. The van der Waals surface area contributed by atoms with Crippen molar-refractivity contribution in [1.82, 2.24) is 15.1 Å². The number of nitrogens with one attached hydrogen (secondary N) is 1. The van der Waals surface area contributed by atoms with Crippen molar-refractivity contribution in [1.29, 1.82) is 0 Å². The van der Waals surface area contributed by atoms with Gasteiger partial charge in [-0.15, -0.1) is 0 Å². The number of rotatable bonds is 6. The third-order valence-electron chi connectivity index (χ3n) is 4.68. The first-order valence-electron chi connectivity index (χ1n) is 8.94. The highest BCUT2D eigenvalue weighted by Gasteiger charge is 2.22. The minimum atomic E-state index is 0.318. The lowest BCUT2D eigenvalue weighted by molar-refractivity contribution is 0.228. The van der Waals surface area contributed by atoms with Crippen molar-refractivity contribution in [2.45, 2.75) is 18.9 Å². The molecule has 4 rings (SSSR count). The molecule has 0 aliphatic carbocycles. The second kappa shape index (κ2) is 7.62. The molecule has 0 radical (unpaired) electrons. The molecule has 0 spiro atoms. The molecule has 1 aliphatic heterocycles. The van der Waals surface area contributed by atoms with Gasteiger partial charge < -0.3 is 14.8 Å². The van der Waals surface area contributed by atoms with Gasteiger partial charge in [0.15, 0.2) is 11.5 Å². The molecule has 1 aliphatic rings. The number of nitrogens with zero attached hydrogens (tertiary/aromatic N) is 2. The summed E-state index contributed by atoms with van der Waals surface area (Å²) < 4.78 is 13.2. The average Bonchev–Trinajstić information content (AvgIpc) is 3.17. The molecule has 5 nitrogen and oxygen atoms in total. The van der Waals surface area contributed by atoms with Gasteiger partial charge in [0.1, 0.15) is 6.61 Å². The molecule has 0 unspecified atom stereocenters. The zero-order valence-electron chi connectivity index (χ0n) is 14.9. The van der Waals surface area contributed by atoms with Gasteiger partial charge in [-0.2, -0.15) is 5.10 Å². The van der Waals surface area contributed by atoms with E-state index in [0.29, 0.717) is 12.6 Å². The molecule has 134 valence electrons. The molecule has 0 bridgehead atoms. The van der Waals surface area contributed by atoms with Crippen LogP contribution in [0.2, 0.25) is 0 Å². The van der Waals surface area contributed by atoms with Crippen LogP contribution in [0.15, 0.2) is 60.9 Å². The SMILES string of the molecule is COc1cccc2c1OC[C@H](NCCc1cnn(-c3ccccc3)c1)C2. The number of hydrogen-bond acceptors (Lipinski definition) is 4. The van der Waals surface area contributed by atoms with E-state index < -0.39 is 0 Å². The summed E-state index contributed by atoms with van der Waals surface area (Å²) in [5, 5.41) is 8.05. The van der Waals surface area contributed by atoms with Gasteiger partial charge in [-0.25, -0.2) is 4.68 Å². The van der Waals surface area contributed by atoms with Crippen molar-refractivity contribution in [3.63, 3.8) is 0 Å². The molecule has 1 aromatic heterocycles. The Morgan fingerprint density at radius 2 is 2.08 bits per heavy atom. The van der Waals surface area contributed by atoms with E-state index in [4.69, 9.17) is 9.47 Å². The maximum atomic E-state index is 5.92. The summed E-state index contributed by atoms with van der Waals surface area (Å²) >= 11 is 0. The summed E-state index contributed by atoms with van der Waals surface area (Å²) in [5.41, 5.74) is 3.50. The van der Waals surface area contributed by atoms with Gasteiger partial charge in [-0.3, -0.25) is 0 Å². The Morgan fingerprint density at radius 1 is 1.19 bits per heavy atom. The topological polar surface area (TPSA) is 48.3 Å². The largest absolute Gasteiger partial charge is 0.493 e. The van der Waals surface area contributed by atoms with Crippen LogP contribution >= 0.6 is 0 Å². The maximum absolute atomic E-state index is 5.92. The van der Waals surface area contributed by atoms with Crippen LogP contribution in [0.4, 0.5) is 0 Å². The molecule has 3 aromatic rings. The van der Waals surface area contributed by atoms with Gasteiger partial charge in [0, 0.05) is 12.2 Å². The Hall–Kier alpha value is -2.79. The number of hydrogen-bond donors (Lipinski definition) is 1. The second-order valence-electron chi connectivity index (χ2n) is 6.49. The van der Waals surface area contributed by atoms with Crippen molar-refractivity contribution in [2.75, 3.05) is 20.3 Å². The number of fused-ring (bicyclic) bond motifs is 1. The highest BCUT2D eigenvalue weighted by Crippen LogP contribution is 2.34. The highest BCUT2D eigenvalue weighted by molar-refractivity contribution is 5.48. The molecule has 0 fully saturated rings. The van der Waals surface area contributed by atoms with Crippen LogP contribution in [0.3, 0.4) is 0 Å². The molecule has 0 saturated carbocycles. The first-order valence-corrected chi connectivity index (χ1v) is 8.94. The Kier molecular flexibility index (Phi) is 4.88. The van der Waals surface area contributed by atoms with Crippen molar-refractivity contribution >= 4 is 0 Å². The van der Waals surface area contributed by atoms with E-state index in [-0.39, 0.29) is 0 Å². The number of benzene rings is 2. The average molecular weight is 349 g/mol. The second-order valence-corrected chi connectivity index (χ2v) is 6.49. The fourth-order valence-electron chi connectivity index (χ4n) is 3.32. The summed E-state index contributed by atoms with van der Waals surface area (Å²) in [4.78, 5) is 0. The van der Waals surface area contributed by atoms with Crippen LogP contribution < -0.4 is 14.8 Å². The predicted molar refractivity (Wildman–Crippen MR) is 101 cm³/mol. The summed E-state index contributed by atoms with van der Waals surface area (Å²) in [6.07, 6.45) is 5.92. The zero-order valence-corrected chi connectivity index (χ0v) is 14.9. The van der Waals surface area contributed by atoms with Gasteiger partial charge in [0.25, 0.3) is 0 Å². The van der Waals surface area contributed by atoms with E-state index in [1.807, 2.05) is 41.2 Å². The van der Waals surface area contributed by atoms with Crippen LogP contribution in [0.5, 0.6) is 11.5 Å². The third kappa shape index (κ3) is 3.58. The van der Waals surface area contributed by atoms with E-state index >= 15 is 0 Å². The van der Waals surface area contributed by atoms with Crippen LogP contribution in [-0.4, -0.2) is 36.1 Å². The highest BCUT2D eigenvalue weighted by atomic mass is 16.5. The van der Waals surface area contributed by atoms with E-state index in [2.05, 4.69) is 34.8 Å². The fourth-order valence-corrected chi connectivity index (χ4v) is 3.32. The van der Waals surface area contributed by atoms with Gasteiger partial charge >= 0.3 is 0 Å². The molecule has 1 N–H and O–H groups in total. The van der Waals surface area contributed by atoms with Gasteiger partial charge in [0.2, 0.25) is 0 Å². The molecule has 0 saturated heterocycles. The monoisotopic (exact) mass is 349 g/mol. The summed E-state index contributed by atoms with van der Waals surface area (Å²) in [6.45, 7) is 1.56. The number of methoxy groups -OCH3 is 1. The van der Waals surface area contributed by atoms with E-state index in [1.165, 1.54) is 11.1 Å². The summed E-state index contributed by atoms with van der Waals surface area (Å²) in [7, 11) is 1.68. The van der Waals surface area contributed by atoms with Crippen LogP contribution in [0, 0.1) is 0 Å². The Bertz CT molecular complexity index is 861. The van der Waals surface area contributed by atoms with Gasteiger partial charge in [0.05, 0.1) is 19.0 Å². The molecular weight excluding hydrogens is 326 g/mol. The quantitative estimate of drug-likeness (QED) is 0.743. The van der Waals surface area contributed by atoms with Crippen molar-refractivity contribution in [3.8, 4) is 17.2 Å². The number of ether oxygens (including phenoxy) is 2. The first kappa shape index (κ1) is 16.7. The van der Waals surface area contributed by atoms with Crippen LogP contribution in [0.1, 0.15) is 11.1 Å². The Morgan fingerprint density at radius 3 is 2.92 bits per heavy atom. The molecular formula is C21H23N3O2. The molecule has 5 heteroatoms. The standard InChI is InChI=1S/C21H23N3O2/c1-25-20-9-5-6-17-12-18(15-26-21(17)20)22-11-10-16-13-23-24(14-16)19-7-3-2-4-8-19/h2-9,13-14,18,22H,10-12,15H2,1H3/t18-/m1/s1. The summed E-state index contributed by atoms with van der Waals surface area (Å²) in [5.74, 6) is 1.70. The molecule has 2 heterocycles. The maximum Gasteiger partial charge on any atom is 0.164 e. The Balaban J connectivity index is 1.31. The molecule has 1 atom stereocenters. The third-order valence-corrected chi connectivity index (χ3v) is 4.68. The van der Waals surface area contributed by atoms with E-state index in [9.17, 15) is 0 Å². The van der Waals surface area contributed by atoms with Crippen LogP contribution in [-0.2, 0) is 12.8 Å². The van der Waals surface area contributed by atoms with Crippen molar-refractivity contribution in [3.05, 3.63) is 72.1 Å². The number of para-hydroxylation sites is 2. The van der Waals surface area contributed by atoms with Gasteiger partial charge in [-0.1, -0.05) is 30.3 Å². The fraction of sp³-hybridized carbons (Fsp3) is 0.286. The zero-order chi connectivity index (χ0) is 17.8.